The Balaban J connectivity index is 1.06. The summed E-state index contributed by atoms with van der Waals surface area (Å²) in [6.45, 7) is 4.19. The van der Waals surface area contributed by atoms with Crippen LogP contribution in [0.3, 0.4) is 0 Å². The molecule has 10 amide bonds. The number of carboxylic acids is 1. The molecule has 10 atom stereocenters. The van der Waals surface area contributed by atoms with E-state index in [0.29, 0.717) is 56.2 Å². The minimum atomic E-state index is -1.42. The summed E-state index contributed by atoms with van der Waals surface area (Å²) in [7, 11) is 0. The zero-order valence-electron chi connectivity index (χ0n) is 43.9. The van der Waals surface area contributed by atoms with E-state index in [4.69, 9.17) is 17.2 Å². The van der Waals surface area contributed by atoms with Gasteiger partial charge >= 0.3 is 5.97 Å². The standard InChI is InChI=1S/C52H72N14O12/c1-3-28(2)43(51(76)65-20-8-14-39(65)50(75)66-21-9-15-40(66)52(77)78)62-45(70)34(16-17-41(54)67)59-46(71)37-12-6-19-64(37)49(74)36(23-30-26-56-27-58-30)61-47(72)38-13-7-18-63(38)48(73)35(60-44(69)32(53)24-42(55)68)22-29-25-57-33-11-5-4-10-31(29)33/h4-5,10-11,25-28,32,34-40,43,57H,3,6-9,12-24,53H2,1-2H3,(H2,54,67)(H2,55,68)(H,56,58)(H,59,71)(H,60,69)(H,61,72)(H,62,70)(H,77,78)/t28-,32-,34-,35-,36-,37-,38-,39-,40-,43-/m0/s1. The predicted molar refractivity (Wildman–Crippen MR) is 278 cm³/mol. The highest BCUT2D eigenvalue weighted by molar-refractivity contribution is 5.99. The summed E-state index contributed by atoms with van der Waals surface area (Å²) in [6.07, 6.45) is 6.47. The van der Waals surface area contributed by atoms with Gasteiger partial charge in [-0.05, 0) is 75.3 Å². The number of carbonyl (C=O) groups excluding carboxylic acids is 10. The van der Waals surface area contributed by atoms with Crippen LogP contribution in [0, 0.1) is 5.92 Å². The number of rotatable bonds is 24. The lowest BCUT2D eigenvalue weighted by molar-refractivity contribution is -0.152. The molecule has 422 valence electrons. The number of carboxylic acid groups (broad SMARTS) is 1. The molecule has 1 aromatic carbocycles. The number of aromatic nitrogens is 3. The first kappa shape index (κ1) is 57.8. The molecule has 0 radical (unpaired) electrons. The summed E-state index contributed by atoms with van der Waals surface area (Å²) in [6, 6.07) is -3.36. The molecule has 0 spiro atoms. The molecule has 4 aliphatic heterocycles. The Bertz CT molecular complexity index is 2730. The van der Waals surface area contributed by atoms with E-state index in [2.05, 4.69) is 36.2 Å². The third-order valence-corrected chi connectivity index (χ3v) is 15.5. The van der Waals surface area contributed by atoms with E-state index >= 15 is 0 Å². The summed E-state index contributed by atoms with van der Waals surface area (Å²) < 4.78 is 0. The van der Waals surface area contributed by atoms with Crippen molar-refractivity contribution < 1.29 is 57.8 Å². The van der Waals surface area contributed by atoms with Gasteiger partial charge in [0, 0.05) is 74.4 Å². The van der Waals surface area contributed by atoms with Gasteiger partial charge in [-0.25, -0.2) is 9.78 Å². The van der Waals surface area contributed by atoms with E-state index in [1.165, 1.54) is 32.1 Å². The number of amides is 10. The Labute approximate surface area is 450 Å². The fourth-order valence-corrected chi connectivity index (χ4v) is 11.1. The number of H-pyrrole nitrogens is 2. The number of fused-ring (bicyclic) bond motifs is 1. The largest absolute Gasteiger partial charge is 0.480 e. The molecule has 3 aromatic rings. The van der Waals surface area contributed by atoms with Crippen LogP contribution in [0.25, 0.3) is 10.9 Å². The summed E-state index contributed by atoms with van der Waals surface area (Å²) in [4.78, 5) is 165. The monoisotopic (exact) mass is 1080 g/mol. The molecular formula is C52H72N14O12. The number of benzene rings is 1. The van der Waals surface area contributed by atoms with E-state index in [9.17, 15) is 57.8 Å². The maximum Gasteiger partial charge on any atom is 0.326 e. The molecule has 0 aliphatic carbocycles. The number of imidazole rings is 1. The number of aliphatic carboxylic acids is 1. The van der Waals surface area contributed by atoms with E-state index in [0.717, 1.165) is 10.9 Å². The number of carbonyl (C=O) groups is 11. The second-order valence-corrected chi connectivity index (χ2v) is 20.8. The molecule has 2 aromatic heterocycles. The third-order valence-electron chi connectivity index (χ3n) is 15.5. The van der Waals surface area contributed by atoms with Gasteiger partial charge in [-0.1, -0.05) is 38.5 Å². The average Bonchev–Trinajstić information content (AvgIpc) is 4.34. The van der Waals surface area contributed by atoms with Crippen molar-refractivity contribution >= 4 is 75.9 Å². The van der Waals surface area contributed by atoms with Gasteiger partial charge in [0.25, 0.3) is 0 Å². The Morgan fingerprint density at radius 3 is 1.82 bits per heavy atom. The molecule has 4 fully saturated rings. The SMILES string of the molecule is CC[C@H](C)[C@H](NC(=O)[C@H](CCC(N)=O)NC(=O)[C@@H]1CCCN1C(=O)[C@H](Cc1cnc[nH]1)NC(=O)[C@@H]1CCCN1C(=O)[C@H](Cc1c[nH]c2ccccc12)NC(=O)[C@@H](N)CC(N)=O)C(=O)N1CCC[C@H]1C(=O)N1CCC[C@H]1C(=O)O. The zero-order valence-corrected chi connectivity index (χ0v) is 43.9. The molecule has 26 nitrogen and oxygen atoms in total. The maximum atomic E-state index is 14.8. The number of para-hydroxylation sites is 1. The van der Waals surface area contributed by atoms with Gasteiger partial charge in [0.1, 0.15) is 48.3 Å². The van der Waals surface area contributed by atoms with E-state index in [1.807, 2.05) is 31.2 Å². The van der Waals surface area contributed by atoms with Crippen LogP contribution in [-0.4, -0.2) is 185 Å². The van der Waals surface area contributed by atoms with Crippen LogP contribution < -0.4 is 38.5 Å². The van der Waals surface area contributed by atoms with Crippen molar-refractivity contribution in [2.75, 3.05) is 26.2 Å². The van der Waals surface area contributed by atoms with Crippen molar-refractivity contribution in [2.24, 2.45) is 23.1 Å². The Hall–Kier alpha value is -7.90. The molecule has 0 saturated carbocycles. The van der Waals surface area contributed by atoms with E-state index in [-0.39, 0.29) is 64.7 Å². The summed E-state index contributed by atoms with van der Waals surface area (Å²) >= 11 is 0. The van der Waals surface area contributed by atoms with Gasteiger partial charge in [0.15, 0.2) is 0 Å². The molecule has 26 heteroatoms. The lowest BCUT2D eigenvalue weighted by Gasteiger charge is -2.34. The quantitative estimate of drug-likeness (QED) is 0.0473. The topological polar surface area (TPSA) is 392 Å². The lowest BCUT2D eigenvalue weighted by Crippen LogP contribution is -2.61. The van der Waals surface area contributed by atoms with Crippen LogP contribution in [0.1, 0.15) is 102 Å². The molecule has 4 aliphatic rings. The Morgan fingerprint density at radius 2 is 1.24 bits per heavy atom. The normalized spacial score (nSPS) is 21.5. The highest BCUT2D eigenvalue weighted by atomic mass is 16.4. The highest BCUT2D eigenvalue weighted by Crippen LogP contribution is 2.28. The smallest absolute Gasteiger partial charge is 0.326 e. The summed E-state index contributed by atoms with van der Waals surface area (Å²) in [5, 5.41) is 21.5. The molecule has 0 bridgehead atoms. The average molecular weight is 1090 g/mol. The van der Waals surface area contributed by atoms with E-state index < -0.39 is 132 Å². The minimum absolute atomic E-state index is 0.0122. The van der Waals surface area contributed by atoms with Crippen molar-refractivity contribution in [2.45, 2.75) is 158 Å². The molecule has 78 heavy (non-hydrogen) atoms. The third kappa shape index (κ3) is 13.6. The van der Waals surface area contributed by atoms with Crippen molar-refractivity contribution in [3.05, 3.63) is 54.2 Å². The zero-order chi connectivity index (χ0) is 56.4. The van der Waals surface area contributed by atoms with Crippen LogP contribution in [0.5, 0.6) is 0 Å². The van der Waals surface area contributed by atoms with Crippen molar-refractivity contribution in [1.29, 1.82) is 0 Å². The number of aromatic amines is 2. The summed E-state index contributed by atoms with van der Waals surface area (Å²) in [5.41, 5.74) is 18.7. The minimum Gasteiger partial charge on any atom is -0.480 e. The molecule has 13 N–H and O–H groups in total. The predicted octanol–water partition coefficient (Wildman–Crippen LogP) is -1.82. The number of nitrogens with one attached hydrogen (secondary N) is 6. The van der Waals surface area contributed by atoms with Crippen molar-refractivity contribution in [3.8, 4) is 0 Å². The Morgan fingerprint density at radius 1 is 0.679 bits per heavy atom. The van der Waals surface area contributed by atoms with Crippen LogP contribution in [-0.2, 0) is 65.6 Å². The van der Waals surface area contributed by atoms with Crippen molar-refractivity contribution in [1.82, 2.24) is 55.8 Å². The number of hydrogen-bond acceptors (Lipinski definition) is 13. The fourth-order valence-electron chi connectivity index (χ4n) is 11.1. The van der Waals surface area contributed by atoms with Gasteiger partial charge in [0.05, 0.1) is 18.8 Å². The molecule has 7 rings (SSSR count). The number of hydrogen-bond donors (Lipinski definition) is 10. The second-order valence-electron chi connectivity index (χ2n) is 20.8. The van der Waals surface area contributed by atoms with Gasteiger partial charge in [-0.15, -0.1) is 0 Å². The number of likely N-dealkylation sites (tertiary alicyclic amines) is 4. The number of nitrogens with two attached hydrogens (primary N) is 3. The van der Waals surface area contributed by atoms with Crippen LogP contribution in [0.15, 0.2) is 43.0 Å². The molecular weight excluding hydrogens is 1010 g/mol. The first-order valence-electron chi connectivity index (χ1n) is 26.8. The van der Waals surface area contributed by atoms with Crippen LogP contribution in [0.2, 0.25) is 0 Å². The van der Waals surface area contributed by atoms with E-state index in [1.54, 1.807) is 13.1 Å². The van der Waals surface area contributed by atoms with Crippen LogP contribution in [0.4, 0.5) is 0 Å². The molecule has 6 heterocycles. The lowest BCUT2D eigenvalue weighted by atomic mass is 9.96. The van der Waals surface area contributed by atoms with Gasteiger partial charge < -0.3 is 73.1 Å². The van der Waals surface area contributed by atoms with Crippen LogP contribution >= 0.6 is 0 Å². The van der Waals surface area contributed by atoms with Gasteiger partial charge in [-0.2, -0.15) is 0 Å². The first-order chi connectivity index (χ1) is 37.3. The van der Waals surface area contributed by atoms with Gasteiger partial charge in [-0.3, -0.25) is 47.9 Å². The molecule has 4 saturated heterocycles. The van der Waals surface area contributed by atoms with Crippen molar-refractivity contribution in [3.63, 3.8) is 0 Å². The van der Waals surface area contributed by atoms with Gasteiger partial charge in [0.2, 0.25) is 59.1 Å². The molecule has 0 unspecified atom stereocenters. The Kier molecular flexibility index (Phi) is 19.2. The number of primary amides is 2. The fraction of sp³-hybridized carbons (Fsp3) is 0.577. The summed E-state index contributed by atoms with van der Waals surface area (Å²) in [5.74, 6) is -8.53. The highest BCUT2D eigenvalue weighted by Gasteiger charge is 2.46. The second kappa shape index (κ2) is 26.0. The maximum absolute atomic E-state index is 14.8. The first-order valence-corrected chi connectivity index (χ1v) is 26.8. The number of nitrogens with zero attached hydrogens (tertiary/aromatic N) is 5.